The molecule has 23 heavy (non-hydrogen) atoms. The lowest BCUT2D eigenvalue weighted by molar-refractivity contribution is 0.439. The summed E-state index contributed by atoms with van der Waals surface area (Å²) in [6.07, 6.45) is 6.59. The Morgan fingerprint density at radius 3 is 2.74 bits per heavy atom. The van der Waals surface area contributed by atoms with Gasteiger partial charge in [-0.1, -0.05) is 0 Å². The van der Waals surface area contributed by atoms with Gasteiger partial charge in [-0.15, -0.1) is 0 Å². The first-order valence-corrected chi connectivity index (χ1v) is 8.39. The molecule has 2 aromatic heterocycles. The Morgan fingerprint density at radius 1 is 1.17 bits per heavy atom. The summed E-state index contributed by atoms with van der Waals surface area (Å²) < 4.78 is 0. The van der Waals surface area contributed by atoms with Crippen molar-refractivity contribution in [2.24, 2.45) is 0 Å². The van der Waals surface area contributed by atoms with Crippen molar-refractivity contribution in [3.63, 3.8) is 0 Å². The number of H-pyrrole nitrogens is 1. The summed E-state index contributed by atoms with van der Waals surface area (Å²) >= 11 is 0. The number of aromatic nitrogens is 4. The Bertz CT molecular complexity index is 656. The van der Waals surface area contributed by atoms with Crippen LogP contribution in [0.4, 0.5) is 17.6 Å². The molecule has 0 aromatic carbocycles. The Kier molecular flexibility index (Phi) is 3.87. The van der Waals surface area contributed by atoms with Gasteiger partial charge in [-0.25, -0.2) is 4.98 Å². The van der Waals surface area contributed by atoms with Crippen LogP contribution >= 0.6 is 0 Å². The van der Waals surface area contributed by atoms with Gasteiger partial charge in [-0.05, 0) is 38.8 Å². The average Bonchev–Trinajstić information content (AvgIpc) is 3.35. The highest BCUT2D eigenvalue weighted by Crippen LogP contribution is 2.39. The molecule has 0 atom stereocenters. The highest BCUT2D eigenvalue weighted by molar-refractivity contribution is 5.53. The summed E-state index contributed by atoms with van der Waals surface area (Å²) in [5, 5.41) is 14.0. The molecule has 122 valence electrons. The molecule has 0 spiro atoms. The fourth-order valence-electron chi connectivity index (χ4n) is 3.07. The molecule has 3 heterocycles. The average molecular weight is 313 g/mol. The number of hydrogen-bond acceptors (Lipinski definition) is 6. The summed E-state index contributed by atoms with van der Waals surface area (Å²) in [7, 11) is 2.03. The summed E-state index contributed by atoms with van der Waals surface area (Å²) in [6, 6.07) is 4.57. The zero-order valence-electron chi connectivity index (χ0n) is 13.4. The van der Waals surface area contributed by atoms with Crippen molar-refractivity contribution in [3.05, 3.63) is 24.0 Å². The van der Waals surface area contributed by atoms with E-state index in [1.54, 1.807) is 0 Å². The van der Waals surface area contributed by atoms with Crippen LogP contribution < -0.4 is 15.5 Å². The van der Waals surface area contributed by atoms with Gasteiger partial charge in [0.25, 0.3) is 0 Å². The molecule has 1 saturated carbocycles. The standard InChI is InChI=1S/C16H23N7/c1-17-12-5-8-23(9-6-12)16-18-7-4-14(20-16)19-15-10-13(21-22-15)11-2-3-11/h4,7,10-12,17H,2-3,5-6,8-9H2,1H3,(H2,18,19,20,21,22). The highest BCUT2D eigenvalue weighted by Gasteiger charge is 2.25. The fourth-order valence-corrected chi connectivity index (χ4v) is 3.07. The van der Waals surface area contributed by atoms with Crippen LogP contribution in [0.2, 0.25) is 0 Å². The van der Waals surface area contributed by atoms with Crippen LogP contribution in [-0.4, -0.2) is 46.3 Å². The van der Waals surface area contributed by atoms with E-state index < -0.39 is 0 Å². The molecule has 1 saturated heterocycles. The molecule has 1 aliphatic carbocycles. The molecule has 7 nitrogen and oxygen atoms in total. The fraction of sp³-hybridized carbons (Fsp3) is 0.562. The molecule has 0 amide bonds. The second-order valence-electron chi connectivity index (χ2n) is 6.40. The van der Waals surface area contributed by atoms with E-state index in [1.807, 2.05) is 19.3 Å². The quantitative estimate of drug-likeness (QED) is 0.783. The molecular formula is C16H23N7. The maximum atomic E-state index is 4.64. The Labute approximate surface area is 135 Å². The van der Waals surface area contributed by atoms with Crippen molar-refractivity contribution in [1.29, 1.82) is 0 Å². The van der Waals surface area contributed by atoms with Gasteiger partial charge in [-0.3, -0.25) is 5.10 Å². The lowest BCUT2D eigenvalue weighted by Gasteiger charge is -2.31. The van der Waals surface area contributed by atoms with E-state index in [0.717, 1.165) is 43.5 Å². The molecule has 0 unspecified atom stereocenters. The zero-order valence-corrected chi connectivity index (χ0v) is 13.4. The minimum absolute atomic E-state index is 0.609. The maximum Gasteiger partial charge on any atom is 0.227 e. The Balaban J connectivity index is 1.43. The van der Waals surface area contributed by atoms with Crippen LogP contribution in [0.15, 0.2) is 18.3 Å². The first-order chi connectivity index (χ1) is 11.3. The topological polar surface area (TPSA) is 81.8 Å². The SMILES string of the molecule is CNC1CCN(c2nccc(Nc3cc(C4CC4)[nH]n3)n2)CC1. The lowest BCUT2D eigenvalue weighted by atomic mass is 10.1. The zero-order chi connectivity index (χ0) is 15.6. The van der Waals surface area contributed by atoms with E-state index >= 15 is 0 Å². The second-order valence-corrected chi connectivity index (χ2v) is 6.40. The first-order valence-electron chi connectivity index (χ1n) is 8.39. The van der Waals surface area contributed by atoms with Crippen molar-refractivity contribution in [3.8, 4) is 0 Å². The summed E-state index contributed by atoms with van der Waals surface area (Å²) in [5.74, 6) is 3.08. The van der Waals surface area contributed by atoms with Gasteiger partial charge in [0.2, 0.25) is 5.95 Å². The molecule has 0 bridgehead atoms. The van der Waals surface area contributed by atoms with Crippen LogP contribution in [0, 0.1) is 0 Å². The van der Waals surface area contributed by atoms with Gasteiger partial charge < -0.3 is 15.5 Å². The predicted molar refractivity (Wildman–Crippen MR) is 90.2 cm³/mol. The largest absolute Gasteiger partial charge is 0.341 e. The minimum atomic E-state index is 0.609. The molecule has 3 N–H and O–H groups in total. The van der Waals surface area contributed by atoms with E-state index in [-0.39, 0.29) is 0 Å². The molecule has 2 fully saturated rings. The first kappa shape index (κ1) is 14.4. The van der Waals surface area contributed by atoms with Crippen molar-refractivity contribution >= 4 is 17.6 Å². The molecule has 1 aliphatic heterocycles. The molecular weight excluding hydrogens is 290 g/mol. The Morgan fingerprint density at radius 2 is 2.00 bits per heavy atom. The third-order valence-electron chi connectivity index (χ3n) is 4.70. The molecule has 4 rings (SSSR count). The molecule has 0 radical (unpaired) electrons. The van der Waals surface area contributed by atoms with Crippen LogP contribution in [0.3, 0.4) is 0 Å². The number of aromatic amines is 1. The number of piperidine rings is 1. The molecule has 2 aliphatic rings. The van der Waals surface area contributed by atoms with E-state index in [1.165, 1.54) is 18.5 Å². The van der Waals surface area contributed by atoms with E-state index in [2.05, 4.69) is 41.8 Å². The summed E-state index contributed by atoms with van der Waals surface area (Å²) in [4.78, 5) is 11.3. The van der Waals surface area contributed by atoms with Gasteiger partial charge >= 0.3 is 0 Å². The van der Waals surface area contributed by atoms with Crippen molar-refractivity contribution in [1.82, 2.24) is 25.5 Å². The minimum Gasteiger partial charge on any atom is -0.341 e. The van der Waals surface area contributed by atoms with Gasteiger partial charge in [0.15, 0.2) is 5.82 Å². The number of anilines is 3. The van der Waals surface area contributed by atoms with Gasteiger partial charge in [0.1, 0.15) is 5.82 Å². The summed E-state index contributed by atoms with van der Waals surface area (Å²) in [6.45, 7) is 1.98. The highest BCUT2D eigenvalue weighted by atomic mass is 15.3. The second kappa shape index (κ2) is 6.16. The van der Waals surface area contributed by atoms with Crippen LogP contribution in [0.5, 0.6) is 0 Å². The van der Waals surface area contributed by atoms with Crippen molar-refractivity contribution in [2.45, 2.75) is 37.6 Å². The van der Waals surface area contributed by atoms with Crippen LogP contribution in [0.25, 0.3) is 0 Å². The third-order valence-corrected chi connectivity index (χ3v) is 4.70. The number of nitrogens with zero attached hydrogens (tertiary/aromatic N) is 4. The monoisotopic (exact) mass is 313 g/mol. The van der Waals surface area contributed by atoms with Crippen LogP contribution in [0.1, 0.15) is 37.3 Å². The van der Waals surface area contributed by atoms with E-state index in [9.17, 15) is 0 Å². The number of nitrogens with one attached hydrogen (secondary N) is 3. The molecule has 7 heteroatoms. The van der Waals surface area contributed by atoms with Crippen LogP contribution in [-0.2, 0) is 0 Å². The number of rotatable bonds is 5. The van der Waals surface area contributed by atoms with Crippen molar-refractivity contribution < 1.29 is 0 Å². The normalized spacial score (nSPS) is 19.1. The summed E-state index contributed by atoms with van der Waals surface area (Å²) in [5.41, 5.74) is 1.22. The van der Waals surface area contributed by atoms with Gasteiger partial charge in [-0.2, -0.15) is 10.1 Å². The Hall–Kier alpha value is -2.15. The predicted octanol–water partition coefficient (Wildman–Crippen LogP) is 2.01. The number of hydrogen-bond donors (Lipinski definition) is 3. The van der Waals surface area contributed by atoms with Gasteiger partial charge in [0, 0.05) is 43.0 Å². The van der Waals surface area contributed by atoms with E-state index in [0.29, 0.717) is 12.0 Å². The lowest BCUT2D eigenvalue weighted by Crippen LogP contribution is -2.41. The smallest absolute Gasteiger partial charge is 0.227 e. The maximum absolute atomic E-state index is 4.64. The van der Waals surface area contributed by atoms with E-state index in [4.69, 9.17) is 0 Å². The van der Waals surface area contributed by atoms with Gasteiger partial charge in [0.05, 0.1) is 0 Å². The molecule has 2 aromatic rings. The van der Waals surface area contributed by atoms with Crippen molar-refractivity contribution in [2.75, 3.05) is 30.4 Å². The third kappa shape index (κ3) is 3.29.